The Morgan fingerprint density at radius 2 is 1.92 bits per heavy atom. The maximum Gasteiger partial charge on any atom is 0.243 e. The van der Waals surface area contributed by atoms with Crippen molar-refractivity contribution < 1.29 is 8.42 Å². The molecule has 2 aromatic carbocycles. The molecule has 0 amide bonds. The predicted molar refractivity (Wildman–Crippen MR) is 95.9 cm³/mol. The first-order chi connectivity index (χ1) is 11.5. The Labute approximate surface area is 146 Å². The van der Waals surface area contributed by atoms with Crippen LogP contribution < -0.4 is 0 Å². The molecule has 6 heteroatoms. The van der Waals surface area contributed by atoms with Gasteiger partial charge in [-0.15, -0.1) is 0 Å². The van der Waals surface area contributed by atoms with Crippen LogP contribution in [0.1, 0.15) is 18.0 Å². The average molecular weight is 361 g/mol. The fourth-order valence-electron chi connectivity index (χ4n) is 3.29. The molecule has 0 spiro atoms. The Bertz CT molecular complexity index is 964. The normalized spacial score (nSPS) is 19.1. The summed E-state index contributed by atoms with van der Waals surface area (Å²) >= 11 is 5.94. The third-order valence-electron chi connectivity index (χ3n) is 4.58. The van der Waals surface area contributed by atoms with Crippen molar-refractivity contribution in [3.05, 3.63) is 65.3 Å². The Morgan fingerprint density at radius 3 is 2.71 bits per heavy atom. The Balaban J connectivity index is 1.60. The second kappa shape index (κ2) is 5.92. The van der Waals surface area contributed by atoms with Crippen molar-refractivity contribution in [3.8, 4) is 0 Å². The standard InChI is InChI=1S/C18H17ClN2O2S/c19-15-5-3-6-16(11-15)24(22,23)21-9-8-14(12-21)18-10-13-4-1-2-7-17(13)20-18/h1-7,10-11,14,20H,8-9,12H2. The second-order valence-electron chi connectivity index (χ2n) is 6.12. The van der Waals surface area contributed by atoms with Crippen molar-refractivity contribution in [2.24, 2.45) is 0 Å². The first kappa shape index (κ1) is 15.7. The zero-order valence-corrected chi connectivity index (χ0v) is 14.5. The average Bonchev–Trinajstić information content (AvgIpc) is 3.21. The highest BCUT2D eigenvalue weighted by Crippen LogP contribution is 2.32. The molecule has 0 bridgehead atoms. The molecule has 2 heterocycles. The van der Waals surface area contributed by atoms with Gasteiger partial charge in [0.1, 0.15) is 0 Å². The van der Waals surface area contributed by atoms with Crippen LogP contribution in [0.4, 0.5) is 0 Å². The van der Waals surface area contributed by atoms with Crippen LogP contribution in [0.2, 0.25) is 5.02 Å². The number of aromatic amines is 1. The van der Waals surface area contributed by atoms with Crippen molar-refractivity contribution in [1.29, 1.82) is 0 Å². The van der Waals surface area contributed by atoms with Crippen LogP contribution in [-0.2, 0) is 10.0 Å². The quantitative estimate of drug-likeness (QED) is 0.767. The van der Waals surface area contributed by atoms with E-state index in [4.69, 9.17) is 11.6 Å². The molecule has 1 aromatic heterocycles. The minimum atomic E-state index is -3.50. The molecule has 1 aliphatic heterocycles. The molecule has 4 nitrogen and oxygen atoms in total. The SMILES string of the molecule is O=S(=O)(c1cccc(Cl)c1)N1CCC(c2cc3ccccc3[nH]2)C1. The van der Waals surface area contributed by atoms with Crippen molar-refractivity contribution in [3.63, 3.8) is 0 Å². The first-order valence-corrected chi connectivity index (χ1v) is 9.69. The highest BCUT2D eigenvalue weighted by Gasteiger charge is 2.33. The fourth-order valence-corrected chi connectivity index (χ4v) is 5.09. The Hall–Kier alpha value is -1.82. The highest BCUT2D eigenvalue weighted by atomic mass is 35.5. The number of sulfonamides is 1. The molecule has 3 aromatic rings. The minimum absolute atomic E-state index is 0.186. The molecule has 0 radical (unpaired) electrons. The van der Waals surface area contributed by atoms with Gasteiger partial charge in [0, 0.05) is 35.2 Å². The number of hydrogen-bond acceptors (Lipinski definition) is 2. The van der Waals surface area contributed by atoms with Gasteiger partial charge in [-0.1, -0.05) is 35.9 Å². The van der Waals surface area contributed by atoms with Gasteiger partial charge >= 0.3 is 0 Å². The molecule has 1 unspecified atom stereocenters. The molecule has 4 rings (SSSR count). The van der Waals surface area contributed by atoms with Gasteiger partial charge in [0.25, 0.3) is 0 Å². The molecule has 1 saturated heterocycles. The number of H-pyrrole nitrogens is 1. The summed E-state index contributed by atoms with van der Waals surface area (Å²) in [5, 5.41) is 1.59. The summed E-state index contributed by atoms with van der Waals surface area (Å²) in [6, 6.07) is 16.7. The van der Waals surface area contributed by atoms with E-state index in [9.17, 15) is 8.42 Å². The highest BCUT2D eigenvalue weighted by molar-refractivity contribution is 7.89. The molecule has 124 valence electrons. The molecule has 0 aliphatic carbocycles. The number of aromatic nitrogens is 1. The summed E-state index contributed by atoms with van der Waals surface area (Å²) in [5.74, 6) is 0.186. The molecule has 1 atom stereocenters. The number of hydrogen-bond donors (Lipinski definition) is 1. The number of benzene rings is 2. The lowest BCUT2D eigenvalue weighted by Gasteiger charge is -2.16. The van der Waals surface area contributed by atoms with Crippen molar-refractivity contribution >= 4 is 32.5 Å². The van der Waals surface area contributed by atoms with E-state index < -0.39 is 10.0 Å². The zero-order chi connectivity index (χ0) is 16.7. The van der Waals surface area contributed by atoms with E-state index in [1.54, 1.807) is 22.5 Å². The number of para-hydroxylation sites is 1. The maximum atomic E-state index is 12.8. The predicted octanol–water partition coefficient (Wildman–Crippen LogP) is 4.00. The summed E-state index contributed by atoms with van der Waals surface area (Å²) in [6.07, 6.45) is 0.812. The molecule has 1 N–H and O–H groups in total. The van der Waals surface area contributed by atoms with E-state index in [1.165, 1.54) is 6.07 Å². The van der Waals surface area contributed by atoms with Gasteiger partial charge in [0.2, 0.25) is 10.0 Å². The molecular weight excluding hydrogens is 344 g/mol. The lowest BCUT2D eigenvalue weighted by molar-refractivity contribution is 0.472. The number of halogens is 1. The van der Waals surface area contributed by atoms with E-state index in [2.05, 4.69) is 17.1 Å². The van der Waals surface area contributed by atoms with Crippen LogP contribution in [-0.4, -0.2) is 30.8 Å². The van der Waals surface area contributed by atoms with E-state index in [0.717, 1.165) is 23.0 Å². The van der Waals surface area contributed by atoms with Crippen LogP contribution in [0, 0.1) is 0 Å². The van der Waals surface area contributed by atoms with Gasteiger partial charge < -0.3 is 4.98 Å². The molecule has 24 heavy (non-hydrogen) atoms. The summed E-state index contributed by atoms with van der Waals surface area (Å²) in [7, 11) is -3.50. The van der Waals surface area contributed by atoms with E-state index in [-0.39, 0.29) is 10.8 Å². The largest absolute Gasteiger partial charge is 0.358 e. The lowest BCUT2D eigenvalue weighted by atomic mass is 10.1. The van der Waals surface area contributed by atoms with Gasteiger partial charge in [-0.25, -0.2) is 8.42 Å². The van der Waals surface area contributed by atoms with Crippen LogP contribution in [0.15, 0.2) is 59.5 Å². The van der Waals surface area contributed by atoms with Gasteiger partial charge in [0.15, 0.2) is 0 Å². The number of nitrogens with zero attached hydrogens (tertiary/aromatic N) is 1. The Kier molecular flexibility index (Phi) is 3.87. The zero-order valence-electron chi connectivity index (χ0n) is 12.9. The summed E-state index contributed by atoms with van der Waals surface area (Å²) in [4.78, 5) is 3.67. The van der Waals surface area contributed by atoms with Gasteiger partial charge in [-0.2, -0.15) is 4.31 Å². The maximum absolute atomic E-state index is 12.8. The van der Waals surface area contributed by atoms with Crippen LogP contribution in [0.25, 0.3) is 10.9 Å². The van der Waals surface area contributed by atoms with Crippen LogP contribution >= 0.6 is 11.6 Å². The van der Waals surface area contributed by atoms with Gasteiger partial charge in [-0.05, 0) is 42.1 Å². The monoisotopic (exact) mass is 360 g/mol. The smallest absolute Gasteiger partial charge is 0.243 e. The molecule has 1 aliphatic rings. The van der Waals surface area contributed by atoms with Crippen molar-refractivity contribution in [1.82, 2.24) is 9.29 Å². The van der Waals surface area contributed by atoms with Crippen LogP contribution in [0.3, 0.4) is 0 Å². The number of rotatable bonds is 3. The van der Waals surface area contributed by atoms with Gasteiger partial charge in [-0.3, -0.25) is 0 Å². The van der Waals surface area contributed by atoms with Crippen LogP contribution in [0.5, 0.6) is 0 Å². The molecular formula is C18H17ClN2O2S. The lowest BCUT2D eigenvalue weighted by Crippen LogP contribution is -2.28. The minimum Gasteiger partial charge on any atom is -0.358 e. The Morgan fingerprint density at radius 1 is 1.08 bits per heavy atom. The van der Waals surface area contributed by atoms with Crippen molar-refractivity contribution in [2.75, 3.05) is 13.1 Å². The summed E-state index contributed by atoms with van der Waals surface area (Å²) in [6.45, 7) is 1.01. The summed E-state index contributed by atoms with van der Waals surface area (Å²) in [5.41, 5.74) is 2.18. The van der Waals surface area contributed by atoms with E-state index >= 15 is 0 Å². The molecule has 1 fully saturated rings. The third kappa shape index (κ3) is 2.73. The van der Waals surface area contributed by atoms with Gasteiger partial charge in [0.05, 0.1) is 4.90 Å². The number of nitrogens with one attached hydrogen (secondary N) is 1. The molecule has 0 saturated carbocycles. The third-order valence-corrected chi connectivity index (χ3v) is 6.67. The van der Waals surface area contributed by atoms with E-state index in [1.807, 2.05) is 18.2 Å². The van der Waals surface area contributed by atoms with Crippen molar-refractivity contribution in [2.45, 2.75) is 17.2 Å². The fraction of sp³-hybridized carbons (Fsp3) is 0.222. The topological polar surface area (TPSA) is 53.2 Å². The summed E-state index contributed by atoms with van der Waals surface area (Å²) < 4.78 is 27.1. The second-order valence-corrected chi connectivity index (χ2v) is 8.49. The number of fused-ring (bicyclic) bond motifs is 1. The van der Waals surface area contributed by atoms with E-state index in [0.29, 0.717) is 18.1 Å². The first-order valence-electron chi connectivity index (χ1n) is 7.87.